The van der Waals surface area contributed by atoms with E-state index < -0.39 is 17.5 Å². The van der Waals surface area contributed by atoms with Gasteiger partial charge in [0.05, 0.1) is 30.7 Å². The molecule has 0 spiro atoms. The van der Waals surface area contributed by atoms with Crippen molar-refractivity contribution >= 4 is 11.4 Å². The molecule has 0 saturated carbocycles. The minimum Gasteiger partial charge on any atom is -0.750 e. The molecule has 0 fully saturated rings. The molecule has 0 saturated heterocycles. The summed E-state index contributed by atoms with van der Waals surface area (Å²) in [6, 6.07) is 0. The standard InChI is InChI=1S/C7H17NO5S/c1-7(13-14(11)12)6-8(2-4-9)3-5-10/h7,9-10H,2-6H2,1H3,(H,11,12)/p-1. The van der Waals surface area contributed by atoms with Crippen LogP contribution in [0.2, 0.25) is 0 Å². The Morgan fingerprint density at radius 3 is 2.29 bits per heavy atom. The molecule has 86 valence electrons. The Labute approximate surface area is 86.0 Å². The van der Waals surface area contributed by atoms with Crippen molar-refractivity contribution in [2.24, 2.45) is 0 Å². The molecule has 14 heavy (non-hydrogen) atoms. The Balaban J connectivity index is 3.81. The lowest BCUT2D eigenvalue weighted by molar-refractivity contribution is 0.110. The van der Waals surface area contributed by atoms with E-state index in [0.717, 1.165) is 0 Å². The molecule has 0 aromatic carbocycles. The van der Waals surface area contributed by atoms with E-state index in [0.29, 0.717) is 19.6 Å². The topological polar surface area (TPSA) is 93.1 Å². The normalized spacial score (nSPS) is 15.8. The van der Waals surface area contributed by atoms with E-state index in [1.165, 1.54) is 0 Å². The molecule has 0 aliphatic carbocycles. The fourth-order valence-electron chi connectivity index (χ4n) is 1.11. The third-order valence-corrected chi connectivity index (χ3v) is 2.08. The maximum absolute atomic E-state index is 10.2. The highest BCUT2D eigenvalue weighted by Gasteiger charge is 2.09. The first kappa shape index (κ1) is 13.9. The summed E-state index contributed by atoms with van der Waals surface area (Å²) in [6.07, 6.45) is -0.480. The van der Waals surface area contributed by atoms with Crippen LogP contribution in [0.3, 0.4) is 0 Å². The SMILES string of the molecule is CC(CN(CCO)CCO)OS(=O)[O-]. The van der Waals surface area contributed by atoms with Crippen molar-refractivity contribution in [1.82, 2.24) is 4.90 Å². The Bertz CT molecular complexity index is 162. The van der Waals surface area contributed by atoms with Gasteiger partial charge >= 0.3 is 0 Å². The van der Waals surface area contributed by atoms with Gasteiger partial charge in [0, 0.05) is 19.6 Å². The van der Waals surface area contributed by atoms with E-state index in [9.17, 15) is 8.76 Å². The molecule has 0 aliphatic rings. The Hall–Kier alpha value is -0.0500. The molecule has 2 unspecified atom stereocenters. The number of aliphatic hydroxyl groups is 2. The smallest absolute Gasteiger partial charge is 0.0845 e. The Morgan fingerprint density at radius 1 is 1.43 bits per heavy atom. The summed E-state index contributed by atoms with van der Waals surface area (Å²) in [5, 5.41) is 17.3. The summed E-state index contributed by atoms with van der Waals surface area (Å²) >= 11 is -2.52. The van der Waals surface area contributed by atoms with Gasteiger partial charge < -0.3 is 14.8 Å². The third-order valence-electron chi connectivity index (χ3n) is 1.59. The number of nitrogens with zero attached hydrogens (tertiary/aromatic N) is 1. The van der Waals surface area contributed by atoms with Crippen LogP contribution in [0.25, 0.3) is 0 Å². The van der Waals surface area contributed by atoms with Gasteiger partial charge in [0.2, 0.25) is 0 Å². The molecule has 0 rings (SSSR count). The zero-order chi connectivity index (χ0) is 11.0. The maximum atomic E-state index is 10.2. The second-order valence-corrected chi connectivity index (χ2v) is 3.46. The van der Waals surface area contributed by atoms with Gasteiger partial charge in [0.25, 0.3) is 0 Å². The van der Waals surface area contributed by atoms with Crippen molar-refractivity contribution in [3.63, 3.8) is 0 Å². The Kier molecular flexibility index (Phi) is 8.24. The van der Waals surface area contributed by atoms with Crippen molar-refractivity contribution in [2.45, 2.75) is 13.0 Å². The van der Waals surface area contributed by atoms with Crippen LogP contribution >= 0.6 is 0 Å². The highest BCUT2D eigenvalue weighted by atomic mass is 32.2. The van der Waals surface area contributed by atoms with Crippen LogP contribution in [0.15, 0.2) is 0 Å². The van der Waals surface area contributed by atoms with E-state index in [-0.39, 0.29) is 13.2 Å². The fraction of sp³-hybridized carbons (Fsp3) is 1.00. The van der Waals surface area contributed by atoms with Crippen LogP contribution in [0.4, 0.5) is 0 Å². The molecule has 0 amide bonds. The summed E-state index contributed by atoms with van der Waals surface area (Å²) in [7, 11) is 0. The van der Waals surface area contributed by atoms with Gasteiger partial charge in [0.15, 0.2) is 0 Å². The lowest BCUT2D eigenvalue weighted by Gasteiger charge is -2.24. The molecule has 7 heteroatoms. The summed E-state index contributed by atoms with van der Waals surface area (Å²) in [6.45, 7) is 2.67. The van der Waals surface area contributed by atoms with Gasteiger partial charge in [-0.15, -0.1) is 0 Å². The molecule has 2 N–H and O–H groups in total. The molecular weight excluding hydrogens is 210 g/mol. The van der Waals surface area contributed by atoms with Gasteiger partial charge in [-0.1, -0.05) is 0 Å². The molecule has 0 heterocycles. The van der Waals surface area contributed by atoms with E-state index in [1.807, 2.05) is 0 Å². The van der Waals surface area contributed by atoms with Crippen LogP contribution in [-0.4, -0.2) is 62.8 Å². The van der Waals surface area contributed by atoms with E-state index in [2.05, 4.69) is 4.18 Å². The lowest BCUT2D eigenvalue weighted by atomic mass is 10.3. The van der Waals surface area contributed by atoms with Crippen LogP contribution in [-0.2, 0) is 15.5 Å². The molecule has 6 nitrogen and oxygen atoms in total. The molecule has 0 aromatic heterocycles. The predicted molar refractivity (Wildman–Crippen MR) is 50.1 cm³/mol. The predicted octanol–water partition coefficient (Wildman–Crippen LogP) is -1.53. The summed E-state index contributed by atoms with van der Waals surface area (Å²) in [5.41, 5.74) is 0. The first-order valence-electron chi connectivity index (χ1n) is 4.30. The zero-order valence-corrected chi connectivity index (χ0v) is 8.90. The van der Waals surface area contributed by atoms with E-state index in [4.69, 9.17) is 10.2 Å². The summed E-state index contributed by atoms with van der Waals surface area (Å²) in [5.74, 6) is 0. The molecule has 0 radical (unpaired) electrons. The van der Waals surface area contributed by atoms with Crippen LogP contribution in [0.1, 0.15) is 6.92 Å². The van der Waals surface area contributed by atoms with Gasteiger partial charge in [0.1, 0.15) is 0 Å². The fourth-order valence-corrected chi connectivity index (χ4v) is 1.43. The zero-order valence-electron chi connectivity index (χ0n) is 8.09. The monoisotopic (exact) mass is 226 g/mol. The van der Waals surface area contributed by atoms with E-state index in [1.54, 1.807) is 11.8 Å². The number of aliphatic hydroxyl groups excluding tert-OH is 2. The lowest BCUT2D eigenvalue weighted by Crippen LogP contribution is -2.36. The number of hydrogen-bond acceptors (Lipinski definition) is 6. The van der Waals surface area contributed by atoms with Crippen molar-refractivity contribution in [1.29, 1.82) is 0 Å². The highest BCUT2D eigenvalue weighted by Crippen LogP contribution is 1.97. The van der Waals surface area contributed by atoms with Crippen molar-refractivity contribution in [3.8, 4) is 0 Å². The second-order valence-electron chi connectivity index (χ2n) is 2.86. The van der Waals surface area contributed by atoms with Crippen molar-refractivity contribution in [3.05, 3.63) is 0 Å². The molecule has 0 bridgehead atoms. The third kappa shape index (κ3) is 7.36. The van der Waals surface area contributed by atoms with Crippen molar-refractivity contribution < 1.29 is 23.2 Å². The number of hydrogen-bond donors (Lipinski definition) is 2. The second kappa shape index (κ2) is 8.27. The highest BCUT2D eigenvalue weighted by molar-refractivity contribution is 7.74. The molecule has 2 atom stereocenters. The minimum absolute atomic E-state index is 0.0345. The average Bonchev–Trinajstić information content (AvgIpc) is 2.03. The summed E-state index contributed by atoms with van der Waals surface area (Å²) in [4.78, 5) is 1.72. The van der Waals surface area contributed by atoms with Crippen LogP contribution in [0, 0.1) is 0 Å². The summed E-state index contributed by atoms with van der Waals surface area (Å²) < 4.78 is 24.8. The van der Waals surface area contributed by atoms with Gasteiger partial charge in [-0.2, -0.15) is 0 Å². The molecule has 0 aromatic rings. The van der Waals surface area contributed by atoms with Gasteiger partial charge in [-0.25, -0.2) is 4.21 Å². The largest absolute Gasteiger partial charge is 0.750 e. The number of rotatable bonds is 8. The van der Waals surface area contributed by atoms with Gasteiger partial charge in [-0.05, 0) is 6.92 Å². The molecule has 0 aliphatic heterocycles. The Morgan fingerprint density at radius 2 is 1.93 bits per heavy atom. The molecular formula is C7H16NO5S-. The van der Waals surface area contributed by atoms with Crippen molar-refractivity contribution in [2.75, 3.05) is 32.8 Å². The quantitative estimate of drug-likeness (QED) is 0.488. The van der Waals surface area contributed by atoms with Gasteiger partial charge in [-0.3, -0.25) is 9.08 Å². The van der Waals surface area contributed by atoms with Crippen LogP contribution < -0.4 is 0 Å². The van der Waals surface area contributed by atoms with Crippen LogP contribution in [0.5, 0.6) is 0 Å². The van der Waals surface area contributed by atoms with E-state index >= 15 is 0 Å². The maximum Gasteiger partial charge on any atom is 0.0845 e. The first-order chi connectivity index (χ1) is 6.60. The average molecular weight is 226 g/mol. The first-order valence-corrected chi connectivity index (χ1v) is 5.30. The minimum atomic E-state index is -2.52.